The number of aryl methyl sites for hydroxylation is 2. The van der Waals surface area contributed by atoms with Crippen molar-refractivity contribution in [1.29, 1.82) is 5.26 Å². The summed E-state index contributed by atoms with van der Waals surface area (Å²) in [6.07, 6.45) is 0. The Hall–Kier alpha value is -2.29. The molecule has 0 saturated heterocycles. The number of anilines is 1. The molecule has 7 nitrogen and oxygen atoms in total. The molecule has 0 aliphatic heterocycles. The van der Waals surface area contributed by atoms with Crippen molar-refractivity contribution in [1.82, 2.24) is 0 Å². The number of ether oxygens (including phenoxy) is 2. The molecule has 0 heterocycles. The SMILES string of the molecule is C.CC(C)(C)ON=O.Cc1cc(Oc2ccc(Cl)cc2)ccc1Br.Cc1cc(Oc2ccc(Cl)cc2)ccc1N.[2HH].[Br][Cu][Br].[C-]#N.[CH3-]. The van der Waals surface area contributed by atoms with E-state index in [4.69, 9.17) is 50.2 Å². The molecule has 46 heavy (non-hydrogen) atoms. The van der Waals surface area contributed by atoms with Crippen LogP contribution in [-0.2, 0) is 16.2 Å². The predicted octanol–water partition coefficient (Wildman–Crippen LogP) is 13.8. The van der Waals surface area contributed by atoms with Crippen LogP contribution >= 0.6 is 67.4 Å². The second-order valence-corrected chi connectivity index (χ2v) is 15.8. The summed E-state index contributed by atoms with van der Waals surface area (Å²) >= 11 is 22.4. The van der Waals surface area contributed by atoms with E-state index in [1.807, 2.05) is 86.6 Å². The molecule has 0 bridgehead atoms. The zero-order valence-electron chi connectivity index (χ0n) is 25.4. The van der Waals surface area contributed by atoms with Crippen LogP contribution in [-0.4, -0.2) is 5.60 Å². The first kappa shape index (κ1) is 48.1. The average molecular weight is 918 g/mol. The van der Waals surface area contributed by atoms with Crippen molar-refractivity contribution < 1.29 is 27.1 Å². The molecule has 0 unspecified atom stereocenters. The molecular weight excluding hydrogens is 877 g/mol. The van der Waals surface area contributed by atoms with Crippen molar-refractivity contribution >= 4 is 73.0 Å². The van der Waals surface area contributed by atoms with Crippen molar-refractivity contribution in [3.8, 4) is 23.0 Å². The standard InChI is InChI=1S/C13H10BrClO.C13H12ClNO.C4H9NO2.CN.CH4.CH3.2BrH.Cu.H2/c1-9-8-12(6-7-13(9)14)16-11-4-2-10(15)3-5-11;1-9-8-12(6-7-13(9)15)16-11-4-2-10(14)3-5-11;1-4(2,3)7-5-6;1-2;;;;;;/h2-8H,1H3;2-8H,15H2,1H3;1-3H3;;1H4;1H3;2*1H;;1H/q;;;-1;;-1;;;+2;/p-2/i;;;;;;;;;1+1. The minimum atomic E-state index is -0.429. The van der Waals surface area contributed by atoms with Crippen molar-refractivity contribution in [2.45, 2.75) is 47.6 Å². The van der Waals surface area contributed by atoms with Gasteiger partial charge in [-0.3, -0.25) is 0 Å². The normalized spacial score (nSPS) is 9.22. The van der Waals surface area contributed by atoms with Crippen LogP contribution in [0.5, 0.6) is 23.0 Å². The van der Waals surface area contributed by atoms with Crippen molar-refractivity contribution in [3.05, 3.63) is 129 Å². The first-order valence-electron chi connectivity index (χ1n) is 12.3. The van der Waals surface area contributed by atoms with E-state index in [1.54, 1.807) is 32.9 Å². The van der Waals surface area contributed by atoms with Crippen LogP contribution in [0.4, 0.5) is 5.69 Å². The molecule has 13 heteroatoms. The monoisotopic (exact) mass is 913 g/mol. The Morgan fingerprint density at radius 2 is 1.13 bits per heavy atom. The first-order chi connectivity index (χ1) is 20.8. The van der Waals surface area contributed by atoms with Crippen LogP contribution in [0.25, 0.3) is 0 Å². The molecule has 4 aromatic rings. The first-order valence-corrected chi connectivity index (χ1v) is 18.5. The van der Waals surface area contributed by atoms with E-state index in [0.29, 0.717) is 10.0 Å². The van der Waals surface area contributed by atoms with Gasteiger partial charge in [0.1, 0.15) is 28.6 Å². The Morgan fingerprint density at radius 1 is 0.783 bits per heavy atom. The maximum atomic E-state index is 9.35. The van der Waals surface area contributed by atoms with E-state index in [2.05, 4.69) is 54.3 Å². The number of rotatable bonds is 5. The maximum absolute atomic E-state index is 9.35. The maximum Gasteiger partial charge on any atom is -0.358 e. The zero-order chi connectivity index (χ0) is 33.7. The number of hydrogen-bond acceptors (Lipinski definition) is 7. The molecular formula is C33H40Br3Cl2CuN3O4-2. The molecule has 0 spiro atoms. The summed E-state index contributed by atoms with van der Waals surface area (Å²) in [5, 5.41) is 9.91. The summed E-state index contributed by atoms with van der Waals surface area (Å²) in [6, 6.07) is 26.0. The number of nitrogens with two attached hydrogens (primary N) is 1. The van der Waals surface area contributed by atoms with Crippen LogP contribution in [0.15, 0.2) is 94.7 Å². The van der Waals surface area contributed by atoms with Crippen molar-refractivity contribution in [3.63, 3.8) is 0 Å². The van der Waals surface area contributed by atoms with Crippen molar-refractivity contribution in [2.24, 2.45) is 5.34 Å². The third-order valence-corrected chi connectivity index (χ3v) is 6.17. The van der Waals surface area contributed by atoms with Crippen LogP contribution in [0.3, 0.4) is 0 Å². The Bertz CT molecular complexity index is 1340. The quantitative estimate of drug-likeness (QED) is 0.0702. The molecule has 0 fully saturated rings. The van der Waals surface area contributed by atoms with Gasteiger partial charge in [0.05, 0.1) is 0 Å². The van der Waals surface area contributed by atoms with E-state index in [9.17, 15) is 4.91 Å². The Kier molecular flexibility index (Phi) is 28.0. The summed E-state index contributed by atoms with van der Waals surface area (Å²) in [5.74, 6) is 3.14. The number of benzene rings is 4. The Balaban J connectivity index is -0.000000283. The van der Waals surface area contributed by atoms with Gasteiger partial charge >= 0.3 is 39.6 Å². The van der Waals surface area contributed by atoms with Gasteiger partial charge in [-0.2, -0.15) is 0 Å². The minimum absolute atomic E-state index is 0. The summed E-state index contributed by atoms with van der Waals surface area (Å²) in [6.45, 7) is 14.0. The fourth-order valence-corrected chi connectivity index (χ4v) is 3.28. The van der Waals surface area contributed by atoms with E-state index in [0.717, 1.165) is 44.3 Å². The van der Waals surface area contributed by atoms with Gasteiger partial charge in [0.15, 0.2) is 5.34 Å². The van der Waals surface area contributed by atoms with Gasteiger partial charge in [0, 0.05) is 21.6 Å². The predicted molar refractivity (Wildman–Crippen MR) is 202 cm³/mol. The molecule has 4 rings (SSSR count). The fraction of sp³-hybridized carbons (Fsp3) is 0.212. The number of halogens is 5. The zero-order valence-corrected chi connectivity index (χ0v) is 32.6. The van der Waals surface area contributed by atoms with Crippen molar-refractivity contribution in [2.75, 3.05) is 5.73 Å². The van der Waals surface area contributed by atoms with Crippen LogP contribution in [0.2, 0.25) is 10.0 Å². The van der Waals surface area contributed by atoms with Gasteiger partial charge in [-0.25, -0.2) is 0 Å². The van der Waals surface area contributed by atoms with E-state index >= 15 is 0 Å². The molecule has 0 aliphatic rings. The minimum Gasteiger partial charge on any atom is -0.512 e. The van der Waals surface area contributed by atoms with Gasteiger partial charge in [-0.05, 0) is 131 Å². The van der Waals surface area contributed by atoms with Crippen LogP contribution in [0, 0.1) is 38.0 Å². The van der Waals surface area contributed by atoms with Gasteiger partial charge in [-0.1, -0.05) is 46.6 Å². The van der Waals surface area contributed by atoms with Gasteiger partial charge in [0.25, 0.3) is 0 Å². The fourth-order valence-electron chi connectivity index (χ4n) is 2.78. The topological polar surface area (TPSA) is 107 Å². The Labute approximate surface area is 314 Å². The number of hydrogen-bond donors (Lipinski definition) is 1. The van der Waals surface area contributed by atoms with E-state index in [-0.39, 0.29) is 16.3 Å². The second-order valence-electron chi connectivity index (χ2n) is 9.36. The Morgan fingerprint density at radius 3 is 1.43 bits per heavy atom. The summed E-state index contributed by atoms with van der Waals surface area (Å²) < 4.78 is 12.4. The molecule has 259 valence electrons. The number of nitrogen functional groups attached to an aromatic ring is 1. The van der Waals surface area contributed by atoms with Crippen LogP contribution in [0.1, 0.15) is 40.8 Å². The molecule has 0 aromatic heterocycles. The molecule has 0 saturated carbocycles. The molecule has 0 radical (unpaired) electrons. The molecule has 0 aliphatic carbocycles. The largest absolute Gasteiger partial charge is 0.512 e. The summed E-state index contributed by atoms with van der Waals surface area (Å²) in [5.41, 5.74) is 8.22. The van der Waals surface area contributed by atoms with E-state index in [1.165, 1.54) is 11.3 Å². The van der Waals surface area contributed by atoms with Crippen LogP contribution < -0.4 is 15.2 Å². The third kappa shape index (κ3) is 22.3. The molecule has 0 amide bonds. The average Bonchev–Trinajstić information content (AvgIpc) is 2.97. The van der Waals surface area contributed by atoms with Gasteiger partial charge in [0.2, 0.25) is 0 Å². The summed E-state index contributed by atoms with van der Waals surface area (Å²) in [7, 11) is 0. The molecule has 4 aromatic carbocycles. The van der Waals surface area contributed by atoms with Gasteiger partial charge < -0.3 is 39.3 Å². The molecule has 2 N–H and O–H groups in total. The molecule has 0 atom stereocenters. The third-order valence-electron chi connectivity index (χ3n) is 4.78. The smallest absolute Gasteiger partial charge is 0.358 e. The van der Waals surface area contributed by atoms with E-state index < -0.39 is 5.60 Å². The second kappa shape index (κ2) is 26.7. The summed E-state index contributed by atoms with van der Waals surface area (Å²) in [4.78, 5) is 13.6. The van der Waals surface area contributed by atoms with Gasteiger partial charge in [-0.15, -0.1) is 4.91 Å². The number of nitrogens with zero attached hydrogens (tertiary/aromatic N) is 2.